The molecule has 0 atom stereocenters. The molecule has 0 saturated carbocycles. The van der Waals surface area contributed by atoms with Gasteiger partial charge in [0.25, 0.3) is 5.91 Å². The SMILES string of the molecule is C/C=C/C=C/C(=O)OCC(=O)Nc1c(Cl)cccc1C(F)(F)F. The Labute approximate surface area is 135 Å². The van der Waals surface area contributed by atoms with Crippen molar-refractivity contribution in [3.8, 4) is 0 Å². The van der Waals surface area contributed by atoms with Gasteiger partial charge in [-0.2, -0.15) is 13.2 Å². The van der Waals surface area contributed by atoms with E-state index in [1.807, 2.05) is 5.32 Å². The van der Waals surface area contributed by atoms with Crippen molar-refractivity contribution in [2.45, 2.75) is 13.1 Å². The summed E-state index contributed by atoms with van der Waals surface area (Å²) in [6.45, 7) is 1.01. The van der Waals surface area contributed by atoms with Crippen molar-refractivity contribution < 1.29 is 27.5 Å². The number of rotatable bonds is 5. The molecular weight excluding hydrogens is 335 g/mol. The smallest absolute Gasteiger partial charge is 0.418 e. The third-order valence-corrected chi connectivity index (χ3v) is 2.78. The number of hydrogen-bond acceptors (Lipinski definition) is 3. The molecule has 0 radical (unpaired) electrons. The van der Waals surface area contributed by atoms with E-state index in [1.54, 1.807) is 19.1 Å². The van der Waals surface area contributed by atoms with Crippen molar-refractivity contribution in [3.05, 3.63) is 53.1 Å². The van der Waals surface area contributed by atoms with E-state index < -0.39 is 35.9 Å². The van der Waals surface area contributed by atoms with Gasteiger partial charge in [-0.25, -0.2) is 4.79 Å². The lowest BCUT2D eigenvalue weighted by Gasteiger charge is -2.15. The molecule has 0 spiro atoms. The molecule has 0 aliphatic rings. The van der Waals surface area contributed by atoms with E-state index in [9.17, 15) is 22.8 Å². The van der Waals surface area contributed by atoms with Crippen LogP contribution in [0, 0.1) is 0 Å². The Morgan fingerprint density at radius 2 is 2.00 bits per heavy atom. The number of halogens is 4. The predicted octanol–water partition coefficient (Wildman–Crippen LogP) is 3.97. The van der Waals surface area contributed by atoms with Gasteiger partial charge in [-0.1, -0.05) is 35.9 Å². The zero-order valence-electron chi connectivity index (χ0n) is 12.0. The van der Waals surface area contributed by atoms with Crippen LogP contribution in [-0.4, -0.2) is 18.5 Å². The van der Waals surface area contributed by atoms with E-state index in [2.05, 4.69) is 4.74 Å². The summed E-state index contributed by atoms with van der Waals surface area (Å²) in [4.78, 5) is 22.9. The molecular formula is C15H13ClF3NO3. The van der Waals surface area contributed by atoms with Crippen LogP contribution in [0.4, 0.5) is 18.9 Å². The molecule has 1 aromatic carbocycles. The van der Waals surface area contributed by atoms with Gasteiger partial charge < -0.3 is 10.1 Å². The van der Waals surface area contributed by atoms with Crippen LogP contribution < -0.4 is 5.32 Å². The first kappa shape index (κ1) is 18.8. The summed E-state index contributed by atoms with van der Waals surface area (Å²) >= 11 is 5.69. The molecule has 0 aromatic heterocycles. The van der Waals surface area contributed by atoms with Crippen LogP contribution in [0.15, 0.2) is 42.5 Å². The molecule has 8 heteroatoms. The van der Waals surface area contributed by atoms with Crippen LogP contribution in [-0.2, 0) is 20.5 Å². The van der Waals surface area contributed by atoms with Crippen molar-refractivity contribution in [1.82, 2.24) is 0 Å². The molecule has 4 nitrogen and oxygen atoms in total. The zero-order valence-corrected chi connectivity index (χ0v) is 12.7. The number of carbonyl (C=O) groups is 2. The maximum atomic E-state index is 12.9. The lowest BCUT2D eigenvalue weighted by molar-refractivity contribution is -0.142. The van der Waals surface area contributed by atoms with Gasteiger partial charge in [-0.15, -0.1) is 0 Å². The monoisotopic (exact) mass is 347 g/mol. The van der Waals surface area contributed by atoms with Gasteiger partial charge in [0.2, 0.25) is 0 Å². The number of para-hydroxylation sites is 1. The Bertz CT molecular complexity index is 639. The molecule has 124 valence electrons. The molecule has 0 bridgehead atoms. The fraction of sp³-hybridized carbons (Fsp3) is 0.200. The van der Waals surface area contributed by atoms with E-state index >= 15 is 0 Å². The van der Waals surface area contributed by atoms with Crippen LogP contribution >= 0.6 is 11.6 Å². The molecule has 0 heterocycles. The minimum absolute atomic E-state index is 0.271. The topological polar surface area (TPSA) is 55.4 Å². The maximum absolute atomic E-state index is 12.9. The minimum atomic E-state index is -4.68. The fourth-order valence-electron chi connectivity index (χ4n) is 1.49. The summed E-state index contributed by atoms with van der Waals surface area (Å²) in [7, 11) is 0. The van der Waals surface area contributed by atoms with Crippen LogP contribution in [0.2, 0.25) is 5.02 Å². The van der Waals surface area contributed by atoms with Gasteiger partial charge in [0, 0.05) is 6.08 Å². The number of carbonyl (C=O) groups excluding carboxylic acids is 2. The summed E-state index contributed by atoms with van der Waals surface area (Å²) in [6.07, 6.45) is 1.03. The van der Waals surface area contributed by atoms with Gasteiger partial charge >= 0.3 is 12.1 Å². The van der Waals surface area contributed by atoms with Crippen LogP contribution in [0.1, 0.15) is 12.5 Å². The van der Waals surface area contributed by atoms with Crippen LogP contribution in [0.25, 0.3) is 0 Å². The average molecular weight is 348 g/mol. The third kappa shape index (κ3) is 6.15. The number of hydrogen-bond donors (Lipinski definition) is 1. The van der Waals surface area contributed by atoms with Gasteiger partial charge in [-0.3, -0.25) is 4.79 Å². The molecule has 1 N–H and O–H groups in total. The number of anilines is 1. The fourth-order valence-corrected chi connectivity index (χ4v) is 1.71. The zero-order chi connectivity index (χ0) is 17.5. The van der Waals surface area contributed by atoms with Crippen molar-refractivity contribution in [1.29, 1.82) is 0 Å². The first-order valence-electron chi connectivity index (χ1n) is 6.37. The maximum Gasteiger partial charge on any atom is 0.418 e. The van der Waals surface area contributed by atoms with Gasteiger partial charge in [0.05, 0.1) is 16.3 Å². The first-order valence-corrected chi connectivity index (χ1v) is 6.75. The van der Waals surface area contributed by atoms with Crippen molar-refractivity contribution in [2.75, 3.05) is 11.9 Å². The lowest BCUT2D eigenvalue weighted by Crippen LogP contribution is -2.22. The molecule has 1 aromatic rings. The van der Waals surface area contributed by atoms with Crippen molar-refractivity contribution in [3.63, 3.8) is 0 Å². The second kappa shape index (κ2) is 8.38. The highest BCUT2D eigenvalue weighted by Gasteiger charge is 2.34. The van der Waals surface area contributed by atoms with E-state index in [0.717, 1.165) is 18.2 Å². The summed E-state index contributed by atoms with van der Waals surface area (Å²) in [6, 6.07) is 3.11. The number of esters is 1. The lowest BCUT2D eigenvalue weighted by atomic mass is 10.1. The van der Waals surface area contributed by atoms with Crippen molar-refractivity contribution in [2.24, 2.45) is 0 Å². The van der Waals surface area contributed by atoms with Crippen LogP contribution in [0.3, 0.4) is 0 Å². The highest BCUT2D eigenvalue weighted by molar-refractivity contribution is 6.34. The van der Waals surface area contributed by atoms with E-state index in [4.69, 9.17) is 11.6 Å². The Kier molecular flexibility index (Phi) is 6.84. The second-order valence-electron chi connectivity index (χ2n) is 4.20. The molecule has 0 saturated heterocycles. The molecule has 0 aliphatic carbocycles. The number of amides is 1. The van der Waals surface area contributed by atoms with E-state index in [0.29, 0.717) is 0 Å². The average Bonchev–Trinajstić information content (AvgIpc) is 2.46. The minimum Gasteiger partial charge on any atom is -0.452 e. The third-order valence-electron chi connectivity index (χ3n) is 2.46. The second-order valence-corrected chi connectivity index (χ2v) is 4.61. The molecule has 0 unspecified atom stereocenters. The Balaban J connectivity index is 2.74. The van der Waals surface area contributed by atoms with E-state index in [1.165, 1.54) is 12.1 Å². The quantitative estimate of drug-likeness (QED) is 0.498. The Hall–Kier alpha value is -2.28. The summed E-state index contributed by atoms with van der Waals surface area (Å²) in [5.41, 5.74) is -1.66. The number of allylic oxidation sites excluding steroid dienone is 3. The standard InChI is InChI=1S/C15H13ClF3NO3/c1-2-3-4-8-13(22)23-9-12(21)20-14-10(15(17,18)19)6-5-7-11(14)16/h2-8H,9H2,1H3,(H,20,21)/b3-2+,8-4+. The molecule has 1 rings (SSSR count). The normalized spacial score (nSPS) is 11.9. The largest absolute Gasteiger partial charge is 0.452 e. The van der Waals surface area contributed by atoms with Gasteiger partial charge in [0.1, 0.15) is 0 Å². The first-order chi connectivity index (χ1) is 10.8. The summed E-state index contributed by atoms with van der Waals surface area (Å²) < 4.78 is 43.2. The Morgan fingerprint density at radius 3 is 2.61 bits per heavy atom. The highest BCUT2D eigenvalue weighted by Crippen LogP contribution is 2.38. The number of nitrogens with one attached hydrogen (secondary N) is 1. The van der Waals surface area contributed by atoms with E-state index in [-0.39, 0.29) is 5.02 Å². The van der Waals surface area contributed by atoms with Crippen LogP contribution in [0.5, 0.6) is 0 Å². The molecule has 0 fully saturated rings. The Morgan fingerprint density at radius 1 is 1.30 bits per heavy atom. The summed E-state index contributed by atoms with van der Waals surface area (Å²) in [5.74, 6) is -1.73. The number of alkyl halides is 3. The van der Waals surface area contributed by atoms with Gasteiger partial charge in [-0.05, 0) is 19.1 Å². The number of benzene rings is 1. The van der Waals surface area contributed by atoms with Crippen molar-refractivity contribution >= 4 is 29.2 Å². The molecule has 23 heavy (non-hydrogen) atoms. The predicted molar refractivity (Wildman–Crippen MR) is 80.0 cm³/mol. The number of ether oxygens (including phenoxy) is 1. The molecule has 1 amide bonds. The van der Waals surface area contributed by atoms with Gasteiger partial charge in [0.15, 0.2) is 6.61 Å². The molecule has 0 aliphatic heterocycles. The summed E-state index contributed by atoms with van der Waals surface area (Å²) in [5, 5.41) is 1.73. The highest BCUT2D eigenvalue weighted by atomic mass is 35.5.